The van der Waals surface area contributed by atoms with Crippen molar-refractivity contribution in [2.24, 2.45) is 0 Å². The molecule has 2 N–H and O–H groups in total. The number of nitrogens with one attached hydrogen (secondary N) is 2. The van der Waals surface area contributed by atoms with Crippen LogP contribution in [0.3, 0.4) is 0 Å². The third-order valence-corrected chi connectivity index (χ3v) is 4.27. The number of hydrogen-bond acceptors (Lipinski definition) is 5. The molecule has 0 saturated heterocycles. The van der Waals surface area contributed by atoms with E-state index in [1.807, 2.05) is 60.7 Å². The molecule has 132 valence electrons. The predicted octanol–water partition coefficient (Wildman–Crippen LogP) is 3.45. The molecular weight excluding hydrogens is 348 g/mol. The Morgan fingerprint density at radius 2 is 1.69 bits per heavy atom. The number of benzene rings is 2. The van der Waals surface area contributed by atoms with Gasteiger partial charge in [-0.15, -0.1) is 11.3 Å². The Bertz CT molecular complexity index is 881. The number of carbonyl (C=O) groups is 2. The van der Waals surface area contributed by atoms with Crippen molar-refractivity contribution in [1.29, 1.82) is 0 Å². The summed E-state index contributed by atoms with van der Waals surface area (Å²) in [6.07, 6.45) is 0. The van der Waals surface area contributed by atoms with Crippen LogP contribution in [0.25, 0.3) is 0 Å². The van der Waals surface area contributed by atoms with Gasteiger partial charge < -0.3 is 5.32 Å². The molecular formula is C19H18N4O2S. The van der Waals surface area contributed by atoms with Gasteiger partial charge in [-0.1, -0.05) is 48.5 Å². The lowest BCUT2D eigenvalue weighted by molar-refractivity contribution is -0.114. The standard InChI is InChI=1S/C19H18N4O2S/c1-14(24)20-19-21-17(13-26-19)18(25)22-23(16-10-6-3-7-11-16)12-15-8-4-2-5-9-15/h2-11,13H,12H2,1H3,(H,22,25)(H,20,21,24). The van der Waals surface area contributed by atoms with Crippen LogP contribution in [-0.4, -0.2) is 16.8 Å². The maximum Gasteiger partial charge on any atom is 0.289 e. The minimum atomic E-state index is -0.336. The van der Waals surface area contributed by atoms with Crippen LogP contribution >= 0.6 is 11.3 Å². The van der Waals surface area contributed by atoms with E-state index < -0.39 is 0 Å². The van der Waals surface area contributed by atoms with Gasteiger partial charge in [-0.25, -0.2) is 4.98 Å². The van der Waals surface area contributed by atoms with Crippen molar-refractivity contribution in [3.63, 3.8) is 0 Å². The van der Waals surface area contributed by atoms with Crippen molar-refractivity contribution < 1.29 is 9.59 Å². The molecule has 0 radical (unpaired) electrons. The first-order valence-corrected chi connectivity index (χ1v) is 8.90. The van der Waals surface area contributed by atoms with Crippen LogP contribution in [0.2, 0.25) is 0 Å². The Morgan fingerprint density at radius 3 is 2.35 bits per heavy atom. The molecule has 2 amide bonds. The summed E-state index contributed by atoms with van der Waals surface area (Å²) in [6, 6.07) is 19.5. The van der Waals surface area contributed by atoms with Crippen molar-refractivity contribution in [2.75, 3.05) is 10.3 Å². The number of para-hydroxylation sites is 1. The SMILES string of the molecule is CC(=O)Nc1nc(C(=O)NN(Cc2ccccc2)c2ccccc2)cs1. The van der Waals surface area contributed by atoms with Gasteiger partial charge in [0.25, 0.3) is 5.91 Å². The van der Waals surface area contributed by atoms with Crippen molar-refractivity contribution in [3.05, 3.63) is 77.3 Å². The van der Waals surface area contributed by atoms with Gasteiger partial charge in [-0.3, -0.25) is 20.0 Å². The first-order chi connectivity index (χ1) is 12.6. The summed E-state index contributed by atoms with van der Waals surface area (Å²) in [6.45, 7) is 1.91. The maximum atomic E-state index is 12.6. The molecule has 7 heteroatoms. The molecule has 0 unspecified atom stereocenters. The minimum absolute atomic E-state index is 0.221. The smallest absolute Gasteiger partial charge is 0.289 e. The number of nitrogens with zero attached hydrogens (tertiary/aromatic N) is 2. The van der Waals surface area contributed by atoms with Gasteiger partial charge in [0.2, 0.25) is 5.91 Å². The molecule has 0 spiro atoms. The monoisotopic (exact) mass is 366 g/mol. The number of thiazole rings is 1. The molecule has 3 rings (SSSR count). The highest BCUT2D eigenvalue weighted by molar-refractivity contribution is 7.14. The molecule has 0 aliphatic rings. The number of hydrazine groups is 1. The van der Waals surface area contributed by atoms with Gasteiger partial charge in [0.15, 0.2) is 5.13 Å². The maximum absolute atomic E-state index is 12.6. The third kappa shape index (κ3) is 4.67. The molecule has 1 heterocycles. The van der Waals surface area contributed by atoms with E-state index in [9.17, 15) is 9.59 Å². The molecule has 6 nitrogen and oxygen atoms in total. The molecule has 26 heavy (non-hydrogen) atoms. The quantitative estimate of drug-likeness (QED) is 0.655. The molecule has 0 aliphatic carbocycles. The first kappa shape index (κ1) is 17.6. The molecule has 0 aliphatic heterocycles. The van der Waals surface area contributed by atoms with Gasteiger partial charge in [-0.05, 0) is 17.7 Å². The number of hydrogen-bond donors (Lipinski definition) is 2. The number of anilines is 2. The predicted molar refractivity (Wildman–Crippen MR) is 103 cm³/mol. The summed E-state index contributed by atoms with van der Waals surface area (Å²) in [7, 11) is 0. The van der Waals surface area contributed by atoms with Crippen molar-refractivity contribution >= 4 is 34.0 Å². The highest BCUT2D eigenvalue weighted by atomic mass is 32.1. The second-order valence-electron chi connectivity index (χ2n) is 5.57. The first-order valence-electron chi connectivity index (χ1n) is 8.02. The molecule has 2 aromatic carbocycles. The van der Waals surface area contributed by atoms with E-state index in [0.29, 0.717) is 11.7 Å². The summed E-state index contributed by atoms with van der Waals surface area (Å²) in [5, 5.41) is 6.37. The Morgan fingerprint density at radius 1 is 1.04 bits per heavy atom. The average molecular weight is 366 g/mol. The zero-order chi connectivity index (χ0) is 18.4. The lowest BCUT2D eigenvalue weighted by Gasteiger charge is -2.25. The van der Waals surface area contributed by atoms with E-state index in [4.69, 9.17) is 0 Å². The minimum Gasteiger partial charge on any atom is -0.302 e. The fourth-order valence-electron chi connectivity index (χ4n) is 2.34. The van der Waals surface area contributed by atoms with Gasteiger partial charge in [0.1, 0.15) is 5.69 Å². The summed E-state index contributed by atoms with van der Waals surface area (Å²) < 4.78 is 0. The van der Waals surface area contributed by atoms with Gasteiger partial charge in [0.05, 0.1) is 12.2 Å². The van der Waals surface area contributed by atoms with Gasteiger partial charge in [0, 0.05) is 12.3 Å². The Balaban J connectivity index is 1.77. The molecule has 0 fully saturated rings. The highest BCUT2D eigenvalue weighted by Crippen LogP contribution is 2.18. The van der Waals surface area contributed by atoms with Crippen molar-refractivity contribution in [2.45, 2.75) is 13.5 Å². The van der Waals surface area contributed by atoms with E-state index in [-0.39, 0.29) is 17.5 Å². The van der Waals surface area contributed by atoms with Crippen molar-refractivity contribution in [3.8, 4) is 0 Å². The van der Waals surface area contributed by atoms with E-state index in [1.165, 1.54) is 18.3 Å². The molecule has 0 bridgehead atoms. The van der Waals surface area contributed by atoms with Crippen molar-refractivity contribution in [1.82, 2.24) is 10.4 Å². The fraction of sp³-hybridized carbons (Fsp3) is 0.105. The number of rotatable bonds is 6. The molecule has 0 saturated carbocycles. The lowest BCUT2D eigenvalue weighted by Crippen LogP contribution is -2.42. The van der Waals surface area contributed by atoms with Crippen LogP contribution in [0.4, 0.5) is 10.8 Å². The Hall–Kier alpha value is -3.19. The number of amides is 2. The van der Waals surface area contributed by atoms with Crippen LogP contribution in [0.5, 0.6) is 0 Å². The van der Waals surface area contributed by atoms with E-state index >= 15 is 0 Å². The highest BCUT2D eigenvalue weighted by Gasteiger charge is 2.16. The Labute approximate surface area is 155 Å². The van der Waals surface area contributed by atoms with Gasteiger partial charge in [-0.2, -0.15) is 0 Å². The van der Waals surface area contributed by atoms with Crippen LogP contribution in [0.15, 0.2) is 66.0 Å². The van der Waals surface area contributed by atoms with E-state index in [1.54, 1.807) is 10.4 Å². The topological polar surface area (TPSA) is 74.3 Å². The average Bonchev–Trinajstić information content (AvgIpc) is 3.10. The number of aromatic nitrogens is 1. The molecule has 3 aromatic rings. The normalized spacial score (nSPS) is 10.2. The zero-order valence-corrected chi connectivity index (χ0v) is 15.0. The number of carbonyl (C=O) groups excluding carboxylic acids is 2. The van der Waals surface area contributed by atoms with E-state index in [2.05, 4.69) is 15.7 Å². The zero-order valence-electron chi connectivity index (χ0n) is 14.2. The third-order valence-electron chi connectivity index (χ3n) is 3.51. The summed E-state index contributed by atoms with van der Waals surface area (Å²) >= 11 is 1.21. The largest absolute Gasteiger partial charge is 0.302 e. The fourth-order valence-corrected chi connectivity index (χ4v) is 3.07. The second kappa shape index (κ2) is 8.26. The lowest BCUT2D eigenvalue weighted by atomic mass is 10.2. The molecule has 1 aromatic heterocycles. The molecule has 0 atom stereocenters. The summed E-state index contributed by atoms with van der Waals surface area (Å²) in [4.78, 5) is 27.9. The summed E-state index contributed by atoms with van der Waals surface area (Å²) in [5.74, 6) is -0.557. The summed E-state index contributed by atoms with van der Waals surface area (Å²) in [5.41, 5.74) is 5.07. The Kier molecular flexibility index (Phi) is 5.60. The van der Waals surface area contributed by atoms with Crippen LogP contribution < -0.4 is 15.8 Å². The van der Waals surface area contributed by atoms with E-state index in [0.717, 1.165) is 11.3 Å². The van der Waals surface area contributed by atoms with Crippen LogP contribution in [0, 0.1) is 0 Å². The van der Waals surface area contributed by atoms with Gasteiger partial charge >= 0.3 is 0 Å². The van der Waals surface area contributed by atoms with Crippen LogP contribution in [-0.2, 0) is 11.3 Å². The van der Waals surface area contributed by atoms with Crippen LogP contribution in [0.1, 0.15) is 23.0 Å². The second-order valence-corrected chi connectivity index (χ2v) is 6.43.